The lowest BCUT2D eigenvalue weighted by atomic mass is 9.95. The molecule has 2 heterocycles. The van der Waals surface area contributed by atoms with Crippen molar-refractivity contribution in [3.05, 3.63) is 188 Å². The van der Waals surface area contributed by atoms with Crippen molar-refractivity contribution in [1.29, 1.82) is 0 Å². The van der Waals surface area contributed by atoms with Gasteiger partial charge in [-0.2, -0.15) is 0 Å². The number of pyridine rings is 1. The number of hydrogen-bond acceptors (Lipinski definition) is 2. The van der Waals surface area contributed by atoms with Crippen LogP contribution < -0.4 is 15.9 Å². The van der Waals surface area contributed by atoms with Crippen molar-refractivity contribution in [2.75, 3.05) is 0 Å². The molecule has 0 bridgehead atoms. The van der Waals surface area contributed by atoms with E-state index in [9.17, 15) is 4.57 Å². The van der Waals surface area contributed by atoms with Crippen LogP contribution in [0.1, 0.15) is 0 Å². The molecule has 0 saturated carbocycles. The third-order valence-corrected chi connectivity index (χ3v) is 13.3. The molecule has 0 amide bonds. The van der Waals surface area contributed by atoms with Gasteiger partial charge in [0.05, 0.1) is 16.6 Å². The van der Waals surface area contributed by atoms with E-state index in [1.807, 2.05) is 72.8 Å². The maximum absolute atomic E-state index is 14.9. The first-order valence-corrected chi connectivity index (χ1v) is 18.9. The van der Waals surface area contributed by atoms with Crippen molar-refractivity contribution in [1.82, 2.24) is 9.38 Å². The molecule has 0 N–H and O–H groups in total. The van der Waals surface area contributed by atoms with E-state index in [4.69, 9.17) is 4.98 Å². The lowest BCUT2D eigenvalue weighted by Gasteiger charge is -2.20. The van der Waals surface area contributed by atoms with Gasteiger partial charge in [0, 0.05) is 32.1 Å². The Hall–Kier alpha value is -6.28. The van der Waals surface area contributed by atoms with Crippen molar-refractivity contribution < 1.29 is 4.57 Å². The van der Waals surface area contributed by atoms with Crippen LogP contribution in [0.25, 0.3) is 71.4 Å². The summed E-state index contributed by atoms with van der Waals surface area (Å²) in [5.41, 5.74) is 8.73. The van der Waals surface area contributed by atoms with Crippen LogP contribution in [-0.2, 0) is 4.57 Å². The van der Waals surface area contributed by atoms with Crippen LogP contribution >= 0.6 is 7.14 Å². The van der Waals surface area contributed by atoms with Gasteiger partial charge in [0.2, 0.25) is 0 Å². The van der Waals surface area contributed by atoms with E-state index in [1.165, 1.54) is 27.1 Å². The molecule has 51 heavy (non-hydrogen) atoms. The first kappa shape index (κ1) is 29.6. The molecule has 0 fully saturated rings. The van der Waals surface area contributed by atoms with E-state index in [0.29, 0.717) is 0 Å². The maximum atomic E-state index is 14.9. The number of benzene rings is 8. The lowest BCUT2D eigenvalue weighted by molar-refractivity contribution is 0.592. The molecule has 0 saturated heterocycles. The van der Waals surface area contributed by atoms with Gasteiger partial charge >= 0.3 is 0 Å². The molecule has 10 aromatic rings. The number of nitrogens with zero attached hydrogens (tertiary/aromatic N) is 2. The molecule has 10 rings (SSSR count). The normalized spacial score (nSPS) is 12.0. The fourth-order valence-electron chi connectivity index (χ4n) is 7.75. The monoisotopic (exact) mass is 670 g/mol. The molecule has 3 nitrogen and oxygen atoms in total. The third-order valence-electron chi connectivity index (χ3n) is 10.2. The van der Waals surface area contributed by atoms with Crippen LogP contribution in [0.5, 0.6) is 0 Å². The predicted octanol–water partition coefficient (Wildman–Crippen LogP) is 10.9. The summed E-state index contributed by atoms with van der Waals surface area (Å²) in [6, 6.07) is 64.9. The van der Waals surface area contributed by atoms with Gasteiger partial charge in [-0.3, -0.25) is 4.40 Å². The van der Waals surface area contributed by atoms with Crippen molar-refractivity contribution in [2.45, 2.75) is 0 Å². The highest BCUT2D eigenvalue weighted by Gasteiger charge is 2.29. The molecule has 8 aromatic carbocycles. The Bertz CT molecular complexity index is 2940. The van der Waals surface area contributed by atoms with E-state index in [1.54, 1.807) is 0 Å². The van der Waals surface area contributed by atoms with Gasteiger partial charge in [0.15, 0.2) is 7.14 Å². The third kappa shape index (κ3) is 4.66. The van der Waals surface area contributed by atoms with E-state index >= 15 is 0 Å². The molecule has 0 aliphatic heterocycles. The SMILES string of the molecule is O=P(c1ccccc1)(c1ccccc1)c1ccc(-c2cccc(-c3ccc4ccc5c6ccccc6c6nc7ccccc7n6c5c4c3)c2)cc1. The van der Waals surface area contributed by atoms with Gasteiger partial charge in [0.1, 0.15) is 5.65 Å². The summed E-state index contributed by atoms with van der Waals surface area (Å²) in [7, 11) is -3.04. The van der Waals surface area contributed by atoms with E-state index in [0.717, 1.165) is 60.2 Å². The van der Waals surface area contributed by atoms with Gasteiger partial charge in [-0.15, -0.1) is 0 Å². The Kier molecular flexibility index (Phi) is 6.77. The molecule has 4 heteroatoms. The average molecular weight is 671 g/mol. The largest absolute Gasteiger partial charge is 0.309 e. The van der Waals surface area contributed by atoms with Crippen LogP contribution in [0.15, 0.2) is 188 Å². The predicted molar refractivity (Wildman–Crippen MR) is 215 cm³/mol. The summed E-state index contributed by atoms with van der Waals surface area (Å²) in [5, 5.41) is 8.45. The molecule has 0 atom stereocenters. The molecule has 0 aliphatic rings. The van der Waals surface area contributed by atoms with Crippen LogP contribution in [-0.4, -0.2) is 9.38 Å². The highest BCUT2D eigenvalue weighted by atomic mass is 31.2. The van der Waals surface area contributed by atoms with Crippen molar-refractivity contribution in [2.24, 2.45) is 0 Å². The quantitative estimate of drug-likeness (QED) is 0.135. The minimum absolute atomic E-state index is 0.826. The number of imidazole rings is 1. The molecule has 0 spiro atoms. The Morgan fingerprint density at radius 2 is 0.980 bits per heavy atom. The van der Waals surface area contributed by atoms with Gasteiger partial charge in [0.25, 0.3) is 0 Å². The van der Waals surface area contributed by atoms with Gasteiger partial charge < -0.3 is 4.57 Å². The van der Waals surface area contributed by atoms with Crippen molar-refractivity contribution >= 4 is 72.2 Å². The van der Waals surface area contributed by atoms with Gasteiger partial charge in [-0.05, 0) is 57.3 Å². The molecule has 0 unspecified atom stereocenters. The van der Waals surface area contributed by atoms with E-state index in [2.05, 4.69) is 120 Å². The number of para-hydroxylation sites is 2. The average Bonchev–Trinajstić information content (AvgIpc) is 3.61. The molecular formula is C47H31N2OP. The first-order valence-electron chi connectivity index (χ1n) is 17.2. The van der Waals surface area contributed by atoms with Crippen molar-refractivity contribution in [3.63, 3.8) is 0 Å². The zero-order chi connectivity index (χ0) is 33.9. The molecular weight excluding hydrogens is 640 g/mol. The van der Waals surface area contributed by atoms with Gasteiger partial charge in [-0.25, -0.2) is 4.98 Å². The number of fused-ring (bicyclic) bond motifs is 10. The Labute approximate surface area is 295 Å². The van der Waals surface area contributed by atoms with Crippen LogP contribution in [0.2, 0.25) is 0 Å². The fraction of sp³-hybridized carbons (Fsp3) is 0. The second-order valence-electron chi connectivity index (χ2n) is 13.1. The van der Waals surface area contributed by atoms with Crippen LogP contribution in [0, 0.1) is 0 Å². The molecule has 2 aromatic heterocycles. The minimum atomic E-state index is -3.04. The number of aromatic nitrogens is 2. The smallest absolute Gasteiger partial charge is 0.171 e. The highest BCUT2D eigenvalue weighted by Crippen LogP contribution is 2.43. The molecule has 240 valence electrons. The second kappa shape index (κ2) is 11.7. The summed E-state index contributed by atoms with van der Waals surface area (Å²) in [5.74, 6) is 0. The fourth-order valence-corrected chi connectivity index (χ4v) is 10.4. The Balaban J connectivity index is 1.11. The summed E-state index contributed by atoms with van der Waals surface area (Å²) in [4.78, 5) is 5.13. The topological polar surface area (TPSA) is 34.4 Å². The number of rotatable bonds is 5. The summed E-state index contributed by atoms with van der Waals surface area (Å²) < 4.78 is 17.3. The summed E-state index contributed by atoms with van der Waals surface area (Å²) >= 11 is 0. The van der Waals surface area contributed by atoms with Gasteiger partial charge in [-0.1, -0.05) is 164 Å². The molecule has 0 radical (unpaired) electrons. The standard InChI is InChI=1S/C47H31N2OP/c50-51(37-14-3-1-4-15-37,38-16-5-2-6-17-38)39-27-24-32(25-28-39)34-12-11-13-35(30-34)36-23-22-33-26-29-41-40-18-7-8-19-42(40)47-48-44-20-9-10-21-45(44)49(47)46(41)43(33)31-36/h1-31H. The summed E-state index contributed by atoms with van der Waals surface area (Å²) in [6.07, 6.45) is 0. The Morgan fingerprint density at radius 1 is 0.412 bits per heavy atom. The van der Waals surface area contributed by atoms with Crippen LogP contribution in [0.3, 0.4) is 0 Å². The highest BCUT2D eigenvalue weighted by molar-refractivity contribution is 7.85. The lowest BCUT2D eigenvalue weighted by Crippen LogP contribution is -2.24. The van der Waals surface area contributed by atoms with E-state index in [-0.39, 0.29) is 0 Å². The van der Waals surface area contributed by atoms with Crippen molar-refractivity contribution in [3.8, 4) is 22.3 Å². The zero-order valence-electron chi connectivity index (χ0n) is 27.6. The minimum Gasteiger partial charge on any atom is -0.309 e. The summed E-state index contributed by atoms with van der Waals surface area (Å²) in [6.45, 7) is 0. The first-order chi connectivity index (χ1) is 25.2. The maximum Gasteiger partial charge on any atom is 0.171 e. The number of hydrogen-bond donors (Lipinski definition) is 0. The molecule has 0 aliphatic carbocycles. The van der Waals surface area contributed by atoms with E-state index < -0.39 is 7.14 Å². The Morgan fingerprint density at radius 3 is 1.73 bits per heavy atom. The van der Waals surface area contributed by atoms with Crippen LogP contribution in [0.4, 0.5) is 0 Å². The second-order valence-corrected chi connectivity index (χ2v) is 15.9. The zero-order valence-corrected chi connectivity index (χ0v) is 28.5.